The third kappa shape index (κ3) is 5.73. The van der Waals surface area contributed by atoms with Crippen molar-refractivity contribution in [2.75, 3.05) is 13.1 Å². The van der Waals surface area contributed by atoms with Crippen LogP contribution < -0.4 is 5.73 Å². The molecule has 0 spiro atoms. The molecule has 0 saturated carbocycles. The lowest BCUT2D eigenvalue weighted by Gasteiger charge is -2.42. The van der Waals surface area contributed by atoms with Gasteiger partial charge < -0.3 is 15.2 Å². The zero-order valence-electron chi connectivity index (χ0n) is 20.9. The van der Waals surface area contributed by atoms with Gasteiger partial charge in [-0.1, -0.05) is 43.1 Å². The Morgan fingerprint density at radius 1 is 1.17 bits per heavy atom. The fourth-order valence-electron chi connectivity index (χ4n) is 4.50. The molecule has 0 bridgehead atoms. The van der Waals surface area contributed by atoms with Crippen LogP contribution in [0.15, 0.2) is 42.5 Å². The van der Waals surface area contributed by atoms with Crippen molar-refractivity contribution in [1.29, 1.82) is 0 Å². The van der Waals surface area contributed by atoms with Gasteiger partial charge in [0.25, 0.3) is 0 Å². The van der Waals surface area contributed by atoms with Gasteiger partial charge in [-0.2, -0.15) is 0 Å². The SMILES string of the molecule is CC(C)c1c(-c2cc(Cl)cc(CF)c2)nc2n1CCN(C(=O)CN)C2(C)C.Cc1ccc(F)cc1. The number of nitrogens with zero attached hydrogens (tertiary/aromatic N) is 3. The highest BCUT2D eigenvalue weighted by molar-refractivity contribution is 6.31. The second-order valence-corrected chi connectivity index (χ2v) is 10.00. The third-order valence-electron chi connectivity index (χ3n) is 6.19. The highest BCUT2D eigenvalue weighted by Crippen LogP contribution is 2.39. The molecule has 1 aromatic heterocycles. The van der Waals surface area contributed by atoms with Gasteiger partial charge in [0.05, 0.1) is 17.8 Å². The van der Waals surface area contributed by atoms with Gasteiger partial charge in [-0.3, -0.25) is 4.79 Å². The van der Waals surface area contributed by atoms with Crippen molar-refractivity contribution >= 4 is 17.5 Å². The van der Waals surface area contributed by atoms with Crippen LogP contribution in [0.2, 0.25) is 5.02 Å². The molecule has 2 aromatic carbocycles. The van der Waals surface area contributed by atoms with Crippen molar-refractivity contribution < 1.29 is 13.6 Å². The van der Waals surface area contributed by atoms with E-state index in [1.54, 1.807) is 29.2 Å². The lowest BCUT2D eigenvalue weighted by Crippen LogP contribution is -2.53. The van der Waals surface area contributed by atoms with E-state index in [1.807, 2.05) is 26.8 Å². The van der Waals surface area contributed by atoms with E-state index in [0.29, 0.717) is 23.7 Å². The number of carbonyl (C=O) groups excluding carboxylic acids is 1. The van der Waals surface area contributed by atoms with Crippen molar-refractivity contribution in [2.24, 2.45) is 5.73 Å². The average Bonchev–Trinajstić information content (AvgIpc) is 3.22. The van der Waals surface area contributed by atoms with E-state index in [-0.39, 0.29) is 24.2 Å². The standard InChI is InChI=1S/C20H26ClFN4O.C7H7F/c1-12(2)18-17(14-7-13(10-22)8-15(21)9-14)24-19-20(3,4)26(16(27)11-23)6-5-25(18)19;1-6-2-4-7(8)5-3-6/h7-9,12H,5-6,10-11,23H2,1-4H3;2-5H,1H3. The summed E-state index contributed by atoms with van der Waals surface area (Å²) in [4.78, 5) is 19.0. The first-order chi connectivity index (χ1) is 16.5. The molecule has 0 atom stereocenters. The first kappa shape index (κ1) is 26.8. The van der Waals surface area contributed by atoms with E-state index in [0.717, 1.165) is 28.3 Å². The third-order valence-corrected chi connectivity index (χ3v) is 6.41. The molecule has 0 fully saturated rings. The number of fused-ring (bicyclic) bond motifs is 1. The summed E-state index contributed by atoms with van der Waals surface area (Å²) in [6.07, 6.45) is 0. The van der Waals surface area contributed by atoms with Crippen LogP contribution in [-0.2, 0) is 23.6 Å². The van der Waals surface area contributed by atoms with E-state index in [2.05, 4.69) is 18.4 Å². The van der Waals surface area contributed by atoms with Gasteiger partial charge in [0.2, 0.25) is 5.91 Å². The Hall–Kier alpha value is -2.77. The molecular formula is C27H33ClF2N4O. The number of aryl methyl sites for hydroxylation is 1. The van der Waals surface area contributed by atoms with Gasteiger partial charge in [0.15, 0.2) is 0 Å². The first-order valence-electron chi connectivity index (χ1n) is 11.7. The van der Waals surface area contributed by atoms with Gasteiger partial charge in [-0.25, -0.2) is 13.8 Å². The number of benzene rings is 2. The Labute approximate surface area is 210 Å². The van der Waals surface area contributed by atoms with E-state index >= 15 is 0 Å². The summed E-state index contributed by atoms with van der Waals surface area (Å²) < 4.78 is 27.5. The van der Waals surface area contributed by atoms with E-state index in [1.165, 1.54) is 12.1 Å². The summed E-state index contributed by atoms with van der Waals surface area (Å²) in [5.74, 6) is 0.762. The second kappa shape index (κ2) is 10.9. The molecule has 4 rings (SSSR count). The van der Waals surface area contributed by atoms with E-state index < -0.39 is 12.2 Å². The summed E-state index contributed by atoms with van der Waals surface area (Å²) in [6.45, 7) is 10.7. The van der Waals surface area contributed by atoms with E-state index in [4.69, 9.17) is 22.3 Å². The number of alkyl halides is 1. The van der Waals surface area contributed by atoms with Crippen LogP contribution in [0.5, 0.6) is 0 Å². The zero-order valence-corrected chi connectivity index (χ0v) is 21.7. The van der Waals surface area contributed by atoms with Crippen molar-refractivity contribution in [3.05, 3.63) is 75.9 Å². The number of halogens is 3. The van der Waals surface area contributed by atoms with Gasteiger partial charge in [0, 0.05) is 29.4 Å². The molecule has 2 N–H and O–H groups in total. The van der Waals surface area contributed by atoms with Crippen LogP contribution in [0.1, 0.15) is 56.3 Å². The van der Waals surface area contributed by atoms with E-state index in [9.17, 15) is 13.6 Å². The number of imidazole rings is 1. The highest BCUT2D eigenvalue weighted by atomic mass is 35.5. The van der Waals surface area contributed by atoms with Crippen molar-refractivity contribution in [3.63, 3.8) is 0 Å². The van der Waals surface area contributed by atoms with Crippen LogP contribution in [0.3, 0.4) is 0 Å². The van der Waals surface area contributed by atoms with Gasteiger partial charge in [-0.05, 0) is 62.6 Å². The minimum atomic E-state index is -0.585. The van der Waals surface area contributed by atoms with Gasteiger partial charge in [0.1, 0.15) is 18.3 Å². The number of rotatable bonds is 4. The Morgan fingerprint density at radius 3 is 2.37 bits per heavy atom. The number of nitrogens with two attached hydrogens (primary N) is 1. The molecule has 188 valence electrons. The maximum Gasteiger partial charge on any atom is 0.237 e. The first-order valence-corrected chi connectivity index (χ1v) is 12.1. The predicted octanol–water partition coefficient (Wildman–Crippen LogP) is 5.97. The molecule has 1 amide bonds. The summed E-state index contributed by atoms with van der Waals surface area (Å²) in [5.41, 5.74) is 9.30. The summed E-state index contributed by atoms with van der Waals surface area (Å²) in [5, 5.41) is 0.486. The molecule has 0 aliphatic carbocycles. The predicted molar refractivity (Wildman–Crippen MR) is 137 cm³/mol. The molecule has 5 nitrogen and oxygen atoms in total. The molecule has 0 saturated heterocycles. The quantitative estimate of drug-likeness (QED) is 0.478. The summed E-state index contributed by atoms with van der Waals surface area (Å²) in [7, 11) is 0. The average molecular weight is 503 g/mol. The smallest absolute Gasteiger partial charge is 0.237 e. The number of amides is 1. The maximum atomic E-state index is 13.2. The van der Waals surface area contributed by atoms with Crippen LogP contribution in [0, 0.1) is 12.7 Å². The van der Waals surface area contributed by atoms with Crippen LogP contribution in [0.25, 0.3) is 11.3 Å². The Morgan fingerprint density at radius 2 is 1.83 bits per heavy atom. The van der Waals surface area contributed by atoms with Crippen molar-refractivity contribution in [1.82, 2.24) is 14.5 Å². The monoisotopic (exact) mass is 502 g/mol. The fourth-order valence-corrected chi connectivity index (χ4v) is 4.76. The van der Waals surface area contributed by atoms with Crippen LogP contribution in [0.4, 0.5) is 8.78 Å². The highest BCUT2D eigenvalue weighted by Gasteiger charge is 2.41. The topological polar surface area (TPSA) is 64.2 Å². The molecule has 1 aliphatic heterocycles. The number of carbonyl (C=O) groups is 1. The molecular weight excluding hydrogens is 470 g/mol. The van der Waals surface area contributed by atoms with Crippen LogP contribution in [-0.4, -0.2) is 33.4 Å². The molecule has 35 heavy (non-hydrogen) atoms. The fraction of sp³-hybridized carbons (Fsp3) is 0.407. The summed E-state index contributed by atoms with van der Waals surface area (Å²) >= 11 is 6.21. The number of hydrogen-bond donors (Lipinski definition) is 1. The van der Waals surface area contributed by atoms with Crippen molar-refractivity contribution in [3.8, 4) is 11.3 Å². The molecule has 3 aromatic rings. The number of hydrogen-bond acceptors (Lipinski definition) is 3. The minimum Gasteiger partial charge on any atom is -0.327 e. The second-order valence-electron chi connectivity index (χ2n) is 9.56. The normalized spacial score (nSPS) is 14.4. The molecule has 0 unspecified atom stereocenters. The molecule has 0 radical (unpaired) electrons. The van der Waals surface area contributed by atoms with Crippen LogP contribution >= 0.6 is 11.6 Å². The Bertz CT molecular complexity index is 1170. The largest absolute Gasteiger partial charge is 0.327 e. The summed E-state index contributed by atoms with van der Waals surface area (Å²) in [6, 6.07) is 11.6. The Balaban J connectivity index is 0.000000363. The van der Waals surface area contributed by atoms with Gasteiger partial charge >= 0.3 is 0 Å². The van der Waals surface area contributed by atoms with Gasteiger partial charge in [-0.15, -0.1) is 0 Å². The lowest BCUT2D eigenvalue weighted by molar-refractivity contribution is -0.137. The molecule has 8 heteroatoms. The lowest BCUT2D eigenvalue weighted by atomic mass is 9.98. The molecule has 2 heterocycles. The molecule has 1 aliphatic rings. The Kier molecular flexibility index (Phi) is 8.34. The van der Waals surface area contributed by atoms with Crippen molar-refractivity contribution in [2.45, 2.75) is 59.3 Å². The zero-order chi connectivity index (χ0) is 25.9. The minimum absolute atomic E-state index is 0.0256. The maximum absolute atomic E-state index is 13.2. The number of aromatic nitrogens is 2.